The van der Waals surface area contributed by atoms with Crippen LogP contribution in [0.25, 0.3) is 21.5 Å². The van der Waals surface area contributed by atoms with E-state index in [1.807, 2.05) is 0 Å². The van der Waals surface area contributed by atoms with Gasteiger partial charge in [-0.3, -0.25) is 0 Å². The molecule has 0 aliphatic heterocycles. The Morgan fingerprint density at radius 1 is 0.737 bits per heavy atom. The predicted molar refractivity (Wildman–Crippen MR) is 91.3 cm³/mol. The Bertz CT molecular complexity index is 732. The van der Waals surface area contributed by atoms with E-state index in [0.29, 0.717) is 0 Å². The van der Waals surface area contributed by atoms with Crippen LogP contribution in [0.1, 0.15) is 12.0 Å². The Morgan fingerprint density at radius 3 is 1.89 bits per heavy atom. The highest BCUT2D eigenvalue weighted by Gasteiger charge is 2.11. The van der Waals surface area contributed by atoms with Crippen molar-refractivity contribution in [2.45, 2.75) is 12.8 Å². The largest absolute Gasteiger partial charge is 0.0928 e. The number of rotatable bonds is 3. The molecule has 0 spiro atoms. The van der Waals surface area contributed by atoms with Crippen LogP contribution in [0.4, 0.5) is 0 Å². The van der Waals surface area contributed by atoms with Crippen molar-refractivity contribution >= 4 is 53.4 Å². The Morgan fingerprint density at radius 2 is 1.26 bits per heavy atom. The van der Waals surface area contributed by atoms with Crippen molar-refractivity contribution in [2.75, 3.05) is 5.33 Å². The van der Waals surface area contributed by atoms with Crippen molar-refractivity contribution in [1.29, 1.82) is 0 Å². The van der Waals surface area contributed by atoms with Gasteiger partial charge in [0.1, 0.15) is 0 Å². The summed E-state index contributed by atoms with van der Waals surface area (Å²) < 4.78 is 1.25. The topological polar surface area (TPSA) is 0 Å². The summed E-state index contributed by atoms with van der Waals surface area (Å²) in [7, 11) is 0. The summed E-state index contributed by atoms with van der Waals surface area (Å²) in [5, 5.41) is 6.40. The van der Waals surface area contributed by atoms with Gasteiger partial charge in [-0.15, -0.1) is 0 Å². The molecule has 0 saturated carbocycles. The van der Waals surface area contributed by atoms with E-state index in [9.17, 15) is 0 Å². The van der Waals surface area contributed by atoms with Gasteiger partial charge >= 0.3 is 0 Å². The maximum atomic E-state index is 3.82. The fraction of sp³-hybridized carbons (Fsp3) is 0.176. The molecule has 0 N–H and O–H groups in total. The van der Waals surface area contributed by atoms with Crippen LogP contribution in [0, 0.1) is 0 Å². The van der Waals surface area contributed by atoms with Crippen molar-refractivity contribution in [3.8, 4) is 0 Å². The summed E-state index contributed by atoms with van der Waals surface area (Å²) in [4.78, 5) is 0. The first kappa shape index (κ1) is 13.1. The molecule has 0 radical (unpaired) electrons. The average molecular weight is 378 g/mol. The highest BCUT2D eigenvalue weighted by molar-refractivity contribution is 9.10. The molecule has 0 unspecified atom stereocenters. The van der Waals surface area contributed by atoms with E-state index in [-0.39, 0.29) is 0 Å². The molecule has 96 valence electrons. The molecule has 0 saturated heterocycles. The molecule has 0 atom stereocenters. The van der Waals surface area contributed by atoms with Crippen LogP contribution < -0.4 is 0 Å². The quantitative estimate of drug-likeness (QED) is 0.383. The molecule has 0 aromatic heterocycles. The minimum Gasteiger partial charge on any atom is -0.0928 e. The number of halogens is 2. The van der Waals surface area contributed by atoms with Crippen LogP contribution in [0.15, 0.2) is 53.0 Å². The van der Waals surface area contributed by atoms with Crippen LogP contribution in [-0.2, 0) is 6.42 Å². The van der Waals surface area contributed by atoms with Gasteiger partial charge in [-0.1, -0.05) is 64.5 Å². The molecule has 0 nitrogen and oxygen atoms in total. The van der Waals surface area contributed by atoms with Gasteiger partial charge in [0.05, 0.1) is 0 Å². The number of fused-ring (bicyclic) bond motifs is 3. The van der Waals surface area contributed by atoms with Crippen molar-refractivity contribution in [1.82, 2.24) is 0 Å². The molecule has 3 aromatic carbocycles. The highest BCUT2D eigenvalue weighted by Crippen LogP contribution is 2.36. The van der Waals surface area contributed by atoms with Gasteiger partial charge in [-0.05, 0) is 55.9 Å². The van der Waals surface area contributed by atoms with E-state index in [0.717, 1.165) is 18.2 Å². The zero-order chi connectivity index (χ0) is 13.2. The number of benzene rings is 3. The fourth-order valence-corrected chi connectivity index (χ4v) is 3.70. The molecule has 3 aromatic rings. The molecule has 0 aliphatic rings. The number of aryl methyl sites for hydroxylation is 1. The van der Waals surface area contributed by atoms with Crippen LogP contribution in [0.3, 0.4) is 0 Å². The average Bonchev–Trinajstić information content (AvgIpc) is 2.47. The second-order valence-electron chi connectivity index (χ2n) is 4.68. The summed E-state index contributed by atoms with van der Waals surface area (Å²) in [5.74, 6) is 0. The van der Waals surface area contributed by atoms with E-state index in [1.165, 1.54) is 31.6 Å². The molecular weight excluding hydrogens is 364 g/mol. The molecule has 0 fully saturated rings. The van der Waals surface area contributed by atoms with Crippen LogP contribution >= 0.6 is 31.9 Å². The molecule has 0 bridgehead atoms. The standard InChI is InChI=1S/C17H14Br2/c18-11-5-10-16-14-7-2-1-6-12(14)13-8-3-4-9-15(13)17(16)19/h1-4,6-9H,5,10-11H2. The van der Waals surface area contributed by atoms with Crippen molar-refractivity contribution in [3.63, 3.8) is 0 Å². The number of hydrogen-bond donors (Lipinski definition) is 0. The minimum atomic E-state index is 1.04. The lowest BCUT2D eigenvalue weighted by Crippen LogP contribution is -1.92. The minimum absolute atomic E-state index is 1.04. The number of hydrogen-bond acceptors (Lipinski definition) is 0. The molecule has 0 aliphatic carbocycles. The Hall–Kier alpha value is -0.860. The summed E-state index contributed by atoms with van der Waals surface area (Å²) in [6.45, 7) is 0. The van der Waals surface area contributed by atoms with Crippen molar-refractivity contribution in [2.24, 2.45) is 0 Å². The monoisotopic (exact) mass is 376 g/mol. The van der Waals surface area contributed by atoms with Crippen molar-refractivity contribution < 1.29 is 0 Å². The number of alkyl halides is 1. The van der Waals surface area contributed by atoms with Gasteiger partial charge in [-0.25, -0.2) is 0 Å². The van der Waals surface area contributed by atoms with E-state index >= 15 is 0 Å². The Kier molecular flexibility index (Phi) is 3.90. The summed E-state index contributed by atoms with van der Waals surface area (Å²) in [6, 6.07) is 17.3. The van der Waals surface area contributed by atoms with E-state index in [1.54, 1.807) is 0 Å². The first-order chi connectivity index (χ1) is 9.33. The van der Waals surface area contributed by atoms with Crippen LogP contribution in [0.5, 0.6) is 0 Å². The normalized spacial score (nSPS) is 11.3. The van der Waals surface area contributed by atoms with Crippen LogP contribution in [0.2, 0.25) is 0 Å². The molecule has 0 heterocycles. The lowest BCUT2D eigenvalue weighted by molar-refractivity contribution is 0.945. The first-order valence-electron chi connectivity index (χ1n) is 6.46. The maximum Gasteiger partial charge on any atom is 0.0292 e. The maximum absolute atomic E-state index is 3.82. The van der Waals surface area contributed by atoms with Gasteiger partial charge in [0, 0.05) is 9.80 Å². The lowest BCUT2D eigenvalue weighted by atomic mass is 9.95. The molecule has 0 amide bonds. The molecular formula is C17H14Br2. The Labute approximate surface area is 130 Å². The highest BCUT2D eigenvalue weighted by atomic mass is 79.9. The fourth-order valence-electron chi connectivity index (χ4n) is 2.66. The van der Waals surface area contributed by atoms with Gasteiger partial charge in [0.25, 0.3) is 0 Å². The van der Waals surface area contributed by atoms with Gasteiger partial charge in [-0.2, -0.15) is 0 Å². The first-order valence-corrected chi connectivity index (χ1v) is 8.38. The van der Waals surface area contributed by atoms with Crippen molar-refractivity contribution in [3.05, 3.63) is 58.6 Å². The van der Waals surface area contributed by atoms with Gasteiger partial charge in [0.2, 0.25) is 0 Å². The molecule has 3 rings (SSSR count). The lowest BCUT2D eigenvalue weighted by Gasteiger charge is -2.13. The predicted octanol–water partition coefficient (Wildman–Crippen LogP) is 6.08. The second kappa shape index (κ2) is 5.64. The third kappa shape index (κ3) is 2.32. The van der Waals surface area contributed by atoms with Gasteiger partial charge in [0.15, 0.2) is 0 Å². The molecule has 19 heavy (non-hydrogen) atoms. The third-order valence-corrected chi connectivity index (χ3v) is 5.00. The smallest absolute Gasteiger partial charge is 0.0292 e. The zero-order valence-electron chi connectivity index (χ0n) is 10.5. The third-order valence-electron chi connectivity index (χ3n) is 3.53. The summed E-state index contributed by atoms with van der Waals surface area (Å²) >= 11 is 7.35. The van der Waals surface area contributed by atoms with E-state index < -0.39 is 0 Å². The van der Waals surface area contributed by atoms with Crippen LogP contribution in [-0.4, -0.2) is 5.33 Å². The summed E-state index contributed by atoms with van der Waals surface area (Å²) in [6.07, 6.45) is 2.25. The van der Waals surface area contributed by atoms with E-state index in [4.69, 9.17) is 0 Å². The zero-order valence-corrected chi connectivity index (χ0v) is 13.7. The van der Waals surface area contributed by atoms with Gasteiger partial charge < -0.3 is 0 Å². The van der Waals surface area contributed by atoms with E-state index in [2.05, 4.69) is 80.4 Å². The Balaban J connectivity index is 2.40. The molecule has 2 heteroatoms. The summed E-state index contributed by atoms with van der Waals surface area (Å²) in [5.41, 5.74) is 1.42. The SMILES string of the molecule is BrCCCc1c(Br)c2ccccc2c2ccccc12. The second-order valence-corrected chi connectivity index (χ2v) is 6.26.